The van der Waals surface area contributed by atoms with E-state index in [9.17, 15) is 19.8 Å². The molecule has 0 atom stereocenters. The molecule has 0 spiro atoms. The van der Waals surface area contributed by atoms with E-state index in [-0.39, 0.29) is 24.3 Å². The highest BCUT2D eigenvalue weighted by Crippen LogP contribution is 2.33. The number of carbonyl (C=O) groups is 1. The first kappa shape index (κ1) is 19.4. The number of carbonyl (C=O) groups excluding carboxylic acids is 1. The van der Waals surface area contributed by atoms with Gasteiger partial charge in [0.15, 0.2) is 5.82 Å². The third kappa shape index (κ3) is 3.32. The lowest BCUT2D eigenvalue weighted by Gasteiger charge is -2.41. The summed E-state index contributed by atoms with van der Waals surface area (Å²) in [7, 11) is 0. The molecule has 1 saturated carbocycles. The number of hydrogen-bond donors (Lipinski definition) is 3. The van der Waals surface area contributed by atoms with Gasteiger partial charge in [0.1, 0.15) is 17.7 Å². The second-order valence-electron chi connectivity index (χ2n) is 8.18. The normalized spacial score (nSPS) is 22.6. The van der Waals surface area contributed by atoms with Crippen molar-refractivity contribution in [3.05, 3.63) is 32.6 Å². The first-order valence-corrected chi connectivity index (χ1v) is 10.1. The van der Waals surface area contributed by atoms with Crippen LogP contribution in [0.4, 0.5) is 0 Å². The van der Waals surface area contributed by atoms with Crippen LogP contribution in [0.3, 0.4) is 0 Å². The summed E-state index contributed by atoms with van der Waals surface area (Å²) in [5.74, 6) is -0.122. The number of aliphatic hydroxyl groups is 2. The predicted octanol–water partition coefficient (Wildman–Crippen LogP) is 1.62. The van der Waals surface area contributed by atoms with Crippen molar-refractivity contribution in [3.63, 3.8) is 0 Å². The van der Waals surface area contributed by atoms with Crippen LogP contribution in [0.2, 0.25) is 4.34 Å². The third-order valence-corrected chi connectivity index (χ3v) is 6.12. The lowest BCUT2D eigenvalue weighted by atomic mass is 9.77. The van der Waals surface area contributed by atoms with Crippen LogP contribution in [0.5, 0.6) is 0 Å². The Morgan fingerprint density at radius 1 is 1.43 bits per heavy atom. The van der Waals surface area contributed by atoms with Crippen LogP contribution in [-0.4, -0.2) is 41.9 Å². The number of fused-ring (bicyclic) bond motifs is 3. The van der Waals surface area contributed by atoms with Gasteiger partial charge < -0.3 is 15.5 Å². The number of nitrogens with zero attached hydrogens (tertiary/aromatic N) is 3. The second kappa shape index (κ2) is 6.28. The summed E-state index contributed by atoms with van der Waals surface area (Å²) in [5, 5.41) is 27.5. The molecule has 0 radical (unpaired) electrons. The fourth-order valence-corrected chi connectivity index (χ4v) is 4.86. The Labute approximate surface area is 169 Å². The minimum atomic E-state index is -1.35. The molecule has 1 amide bonds. The first-order chi connectivity index (χ1) is 12.9. The molecule has 3 heterocycles. The van der Waals surface area contributed by atoms with Crippen LogP contribution in [0.15, 0.2) is 16.9 Å². The molecule has 0 bridgehead atoms. The molecule has 1 fully saturated rings. The minimum absolute atomic E-state index is 0.114. The van der Waals surface area contributed by atoms with Gasteiger partial charge in [0.05, 0.1) is 20.2 Å². The van der Waals surface area contributed by atoms with Gasteiger partial charge in [-0.2, -0.15) is 5.10 Å². The number of halogens is 1. The topological polar surface area (TPSA) is 109 Å². The average Bonchev–Trinajstić information content (AvgIpc) is 3.03. The van der Waals surface area contributed by atoms with E-state index < -0.39 is 16.8 Å². The van der Waals surface area contributed by atoms with E-state index in [0.29, 0.717) is 28.2 Å². The van der Waals surface area contributed by atoms with Crippen molar-refractivity contribution < 1.29 is 15.0 Å². The Kier molecular flexibility index (Phi) is 4.35. The van der Waals surface area contributed by atoms with E-state index in [4.69, 9.17) is 11.6 Å². The Morgan fingerprint density at radius 2 is 2.11 bits per heavy atom. The quantitative estimate of drug-likeness (QED) is 0.589. The Bertz CT molecular complexity index is 1150. The summed E-state index contributed by atoms with van der Waals surface area (Å²) < 4.78 is 4.03. The van der Waals surface area contributed by atoms with Crippen molar-refractivity contribution in [3.8, 4) is 0 Å². The number of rotatable bonds is 4. The van der Waals surface area contributed by atoms with Gasteiger partial charge in [-0.3, -0.25) is 14.0 Å². The molecule has 10 heteroatoms. The fourth-order valence-electron chi connectivity index (χ4n) is 3.70. The summed E-state index contributed by atoms with van der Waals surface area (Å²) in [6, 6.07) is 3.31. The lowest BCUT2D eigenvalue weighted by molar-refractivity contribution is -0.125. The summed E-state index contributed by atoms with van der Waals surface area (Å²) in [6.07, 6.45) is 0.954. The maximum Gasteiger partial charge on any atom is 0.291 e. The molecule has 0 unspecified atom stereocenters. The van der Waals surface area contributed by atoms with E-state index in [0.717, 1.165) is 9.38 Å². The van der Waals surface area contributed by atoms with Gasteiger partial charge in [-0.15, -0.1) is 11.3 Å². The van der Waals surface area contributed by atoms with Crippen molar-refractivity contribution >= 4 is 44.6 Å². The lowest BCUT2D eigenvalue weighted by Crippen LogP contribution is -2.54. The van der Waals surface area contributed by atoms with E-state index in [1.54, 1.807) is 37.3 Å². The van der Waals surface area contributed by atoms with Crippen molar-refractivity contribution in [2.24, 2.45) is 0 Å². The Hall–Kier alpha value is -1.94. The molecule has 0 saturated heterocycles. The zero-order chi connectivity index (χ0) is 20.4. The smallest absolute Gasteiger partial charge is 0.291 e. The highest BCUT2D eigenvalue weighted by molar-refractivity contribution is 7.22. The van der Waals surface area contributed by atoms with Gasteiger partial charge in [0, 0.05) is 6.04 Å². The fraction of sp³-hybridized carbons (Fsp3) is 0.500. The number of hydrogen-bond acceptors (Lipinski definition) is 6. The molecule has 3 aromatic rings. The van der Waals surface area contributed by atoms with E-state index in [1.165, 1.54) is 11.3 Å². The van der Waals surface area contributed by atoms with Gasteiger partial charge in [-0.25, -0.2) is 4.68 Å². The van der Waals surface area contributed by atoms with E-state index in [2.05, 4.69) is 10.4 Å². The van der Waals surface area contributed by atoms with Crippen molar-refractivity contribution in [2.75, 3.05) is 0 Å². The molecule has 0 aromatic carbocycles. The molecule has 3 aromatic heterocycles. The van der Waals surface area contributed by atoms with Gasteiger partial charge in [-0.05, 0) is 45.7 Å². The summed E-state index contributed by atoms with van der Waals surface area (Å²) in [6.45, 7) is 4.59. The van der Waals surface area contributed by atoms with Gasteiger partial charge in [-0.1, -0.05) is 11.6 Å². The molecule has 0 aliphatic heterocycles. The molecule has 8 nitrogen and oxygen atoms in total. The van der Waals surface area contributed by atoms with Crippen molar-refractivity contribution in [1.29, 1.82) is 0 Å². The SMILES string of the molecule is CC1(O)CC(NC(=O)Cn2nc(C(C)(C)O)n3c(cc4sc(Cl)cc43)c2=O)C1. The zero-order valence-corrected chi connectivity index (χ0v) is 17.3. The van der Waals surface area contributed by atoms with Crippen LogP contribution in [0.1, 0.15) is 39.4 Å². The van der Waals surface area contributed by atoms with E-state index in [1.807, 2.05) is 0 Å². The minimum Gasteiger partial charge on any atom is -0.390 e. The molecular weight excluding hydrogens is 404 g/mol. The molecule has 4 rings (SSSR count). The summed E-state index contributed by atoms with van der Waals surface area (Å²) in [5.41, 5.74) is -1.51. The summed E-state index contributed by atoms with van der Waals surface area (Å²) >= 11 is 7.42. The Balaban J connectivity index is 1.74. The number of nitrogens with one attached hydrogen (secondary N) is 1. The molecule has 1 aliphatic rings. The highest BCUT2D eigenvalue weighted by Gasteiger charge is 2.39. The standard InChI is InChI=1S/C18H21ClN4O4S/c1-17(2,26)16-21-22(8-14(24)20-9-6-18(3,27)7-9)15(25)11-4-12-10(23(11)16)5-13(19)28-12/h4-5,9,26-27H,6-8H2,1-3H3,(H,20,24). The van der Waals surface area contributed by atoms with E-state index >= 15 is 0 Å². The van der Waals surface area contributed by atoms with Crippen LogP contribution < -0.4 is 10.9 Å². The number of amides is 1. The van der Waals surface area contributed by atoms with Gasteiger partial charge >= 0.3 is 0 Å². The monoisotopic (exact) mass is 424 g/mol. The van der Waals surface area contributed by atoms with Crippen molar-refractivity contribution in [2.45, 2.75) is 57.4 Å². The highest BCUT2D eigenvalue weighted by atomic mass is 35.5. The molecular formula is C18H21ClN4O4S. The van der Waals surface area contributed by atoms with Crippen LogP contribution in [0, 0.1) is 0 Å². The van der Waals surface area contributed by atoms with Crippen LogP contribution in [0.25, 0.3) is 15.7 Å². The summed E-state index contributed by atoms with van der Waals surface area (Å²) in [4.78, 5) is 25.3. The molecule has 3 N–H and O–H groups in total. The van der Waals surface area contributed by atoms with Crippen molar-refractivity contribution in [1.82, 2.24) is 19.5 Å². The first-order valence-electron chi connectivity index (χ1n) is 8.91. The second-order valence-corrected chi connectivity index (χ2v) is 9.90. The maximum atomic E-state index is 12.9. The molecule has 1 aliphatic carbocycles. The van der Waals surface area contributed by atoms with Crippen LogP contribution >= 0.6 is 22.9 Å². The average molecular weight is 425 g/mol. The molecule has 28 heavy (non-hydrogen) atoms. The number of aromatic nitrogens is 3. The maximum absolute atomic E-state index is 12.9. The number of thiophene rings is 1. The molecule has 150 valence electrons. The zero-order valence-electron chi connectivity index (χ0n) is 15.7. The van der Waals surface area contributed by atoms with Crippen LogP contribution in [-0.2, 0) is 16.9 Å². The van der Waals surface area contributed by atoms with Gasteiger partial charge in [0.2, 0.25) is 5.91 Å². The van der Waals surface area contributed by atoms with Gasteiger partial charge in [0.25, 0.3) is 5.56 Å². The predicted molar refractivity (Wildman–Crippen MR) is 107 cm³/mol. The Morgan fingerprint density at radius 3 is 2.71 bits per heavy atom. The largest absolute Gasteiger partial charge is 0.390 e. The third-order valence-electron chi connectivity index (χ3n) is 4.92.